The fourth-order valence-corrected chi connectivity index (χ4v) is 4.33. The summed E-state index contributed by atoms with van der Waals surface area (Å²) in [4.78, 5) is 34.9. The summed E-state index contributed by atoms with van der Waals surface area (Å²) in [5.41, 5.74) is 1.15. The highest BCUT2D eigenvalue weighted by Gasteiger charge is 2.33. The molecule has 1 aromatic heterocycles. The molecule has 2 amide bonds. The van der Waals surface area contributed by atoms with Crippen LogP contribution in [0.3, 0.4) is 0 Å². The van der Waals surface area contributed by atoms with Crippen molar-refractivity contribution in [3.63, 3.8) is 0 Å². The first-order valence-electron chi connectivity index (χ1n) is 10.3. The van der Waals surface area contributed by atoms with Crippen LogP contribution in [-0.4, -0.2) is 45.8 Å². The monoisotopic (exact) mass is 360 g/mol. The summed E-state index contributed by atoms with van der Waals surface area (Å²) in [6.07, 6.45) is 12.6. The lowest BCUT2D eigenvalue weighted by Crippen LogP contribution is -2.48. The molecule has 2 aliphatic rings. The first-order valence-corrected chi connectivity index (χ1v) is 10.3. The zero-order valence-electron chi connectivity index (χ0n) is 15.9. The number of carbonyl (C=O) groups excluding carboxylic acids is 2. The van der Waals surface area contributed by atoms with Crippen LogP contribution in [0.25, 0.3) is 0 Å². The van der Waals surface area contributed by atoms with Crippen molar-refractivity contribution in [2.45, 2.75) is 76.7 Å². The van der Waals surface area contributed by atoms with E-state index in [4.69, 9.17) is 0 Å². The molecule has 1 aromatic rings. The molecule has 3 rings (SSSR count). The Morgan fingerprint density at radius 3 is 2.58 bits per heavy atom. The van der Waals surface area contributed by atoms with Gasteiger partial charge in [-0.15, -0.1) is 0 Å². The Hall–Kier alpha value is -1.85. The Labute approximate surface area is 156 Å². The third kappa shape index (κ3) is 4.65. The van der Waals surface area contributed by atoms with Crippen molar-refractivity contribution >= 4 is 11.8 Å². The van der Waals surface area contributed by atoms with Gasteiger partial charge in [0.05, 0.1) is 6.33 Å². The fourth-order valence-electron chi connectivity index (χ4n) is 4.33. The first kappa shape index (κ1) is 18.9. The number of nitrogens with zero attached hydrogens (tertiary/aromatic N) is 2. The van der Waals surface area contributed by atoms with Crippen LogP contribution in [0.15, 0.2) is 12.5 Å². The minimum atomic E-state index is -0.523. The average molecular weight is 361 g/mol. The highest BCUT2D eigenvalue weighted by atomic mass is 16.2. The normalized spacial score (nSPS) is 20.7. The SMILES string of the molecule is CCCC(C(=O)NC1CCCCC1)C(=O)N1CCC(c2cnc[nH]2)CC1. The molecule has 1 aliphatic carbocycles. The molecule has 2 fully saturated rings. The molecular formula is C20H32N4O2. The predicted molar refractivity (Wildman–Crippen MR) is 101 cm³/mol. The van der Waals surface area contributed by atoms with Crippen LogP contribution in [-0.2, 0) is 9.59 Å². The number of amides is 2. The summed E-state index contributed by atoms with van der Waals surface area (Å²) < 4.78 is 0. The van der Waals surface area contributed by atoms with Crippen molar-refractivity contribution in [3.05, 3.63) is 18.2 Å². The number of hydrogen-bond donors (Lipinski definition) is 2. The van der Waals surface area contributed by atoms with Gasteiger partial charge in [-0.1, -0.05) is 32.6 Å². The van der Waals surface area contributed by atoms with Crippen LogP contribution in [0.1, 0.15) is 76.3 Å². The number of likely N-dealkylation sites (tertiary alicyclic amines) is 1. The van der Waals surface area contributed by atoms with E-state index in [0.29, 0.717) is 12.3 Å². The summed E-state index contributed by atoms with van der Waals surface area (Å²) in [5, 5.41) is 3.16. The van der Waals surface area contributed by atoms with Crippen LogP contribution in [0.5, 0.6) is 0 Å². The maximum atomic E-state index is 13.0. The second-order valence-corrected chi connectivity index (χ2v) is 7.79. The number of nitrogens with one attached hydrogen (secondary N) is 2. The molecule has 2 N–H and O–H groups in total. The van der Waals surface area contributed by atoms with Gasteiger partial charge in [-0.05, 0) is 32.1 Å². The molecule has 0 aromatic carbocycles. The molecule has 1 saturated heterocycles. The van der Waals surface area contributed by atoms with Gasteiger partial charge in [0, 0.05) is 36.9 Å². The van der Waals surface area contributed by atoms with Crippen molar-refractivity contribution in [2.24, 2.45) is 5.92 Å². The zero-order chi connectivity index (χ0) is 18.4. The predicted octanol–water partition coefficient (Wildman–Crippen LogP) is 2.98. The van der Waals surface area contributed by atoms with E-state index in [1.807, 2.05) is 18.0 Å². The van der Waals surface area contributed by atoms with Crippen molar-refractivity contribution in [2.75, 3.05) is 13.1 Å². The van der Waals surface area contributed by atoms with Gasteiger partial charge in [0.1, 0.15) is 5.92 Å². The maximum absolute atomic E-state index is 13.0. The smallest absolute Gasteiger partial charge is 0.235 e. The van der Waals surface area contributed by atoms with Crippen molar-refractivity contribution < 1.29 is 9.59 Å². The van der Waals surface area contributed by atoms with Gasteiger partial charge >= 0.3 is 0 Å². The Morgan fingerprint density at radius 2 is 1.96 bits per heavy atom. The number of hydrogen-bond acceptors (Lipinski definition) is 3. The number of aromatic nitrogens is 2. The van der Waals surface area contributed by atoms with Gasteiger partial charge in [0.15, 0.2) is 0 Å². The zero-order valence-corrected chi connectivity index (χ0v) is 15.9. The molecule has 0 bridgehead atoms. The quantitative estimate of drug-likeness (QED) is 0.766. The van der Waals surface area contributed by atoms with Crippen molar-refractivity contribution in [1.29, 1.82) is 0 Å². The number of H-pyrrole nitrogens is 1. The topological polar surface area (TPSA) is 78.1 Å². The summed E-state index contributed by atoms with van der Waals surface area (Å²) in [6.45, 7) is 3.48. The molecule has 1 unspecified atom stereocenters. The number of rotatable bonds is 6. The molecule has 6 heteroatoms. The molecule has 2 heterocycles. The second kappa shape index (κ2) is 9.19. The number of imidazole rings is 1. The van der Waals surface area contributed by atoms with Gasteiger partial charge in [-0.2, -0.15) is 0 Å². The van der Waals surface area contributed by atoms with Gasteiger partial charge in [-0.3, -0.25) is 9.59 Å². The molecule has 144 valence electrons. The molecule has 26 heavy (non-hydrogen) atoms. The van der Waals surface area contributed by atoms with Crippen molar-refractivity contribution in [3.8, 4) is 0 Å². The summed E-state index contributed by atoms with van der Waals surface area (Å²) >= 11 is 0. The van der Waals surface area contributed by atoms with E-state index in [0.717, 1.165) is 50.9 Å². The number of piperidine rings is 1. The van der Waals surface area contributed by atoms with Gasteiger partial charge < -0.3 is 15.2 Å². The lowest BCUT2D eigenvalue weighted by Gasteiger charge is -2.34. The lowest BCUT2D eigenvalue weighted by atomic mass is 9.91. The van der Waals surface area contributed by atoms with E-state index in [1.165, 1.54) is 19.3 Å². The molecule has 1 aliphatic heterocycles. The molecule has 1 saturated carbocycles. The number of carbonyl (C=O) groups is 2. The van der Waals surface area contributed by atoms with E-state index >= 15 is 0 Å². The summed E-state index contributed by atoms with van der Waals surface area (Å²) in [7, 11) is 0. The fraction of sp³-hybridized carbons (Fsp3) is 0.750. The molecule has 0 spiro atoms. The van der Waals surface area contributed by atoms with Gasteiger partial charge in [0.2, 0.25) is 11.8 Å². The molecule has 6 nitrogen and oxygen atoms in total. The Morgan fingerprint density at radius 1 is 1.23 bits per heavy atom. The first-order chi connectivity index (χ1) is 12.7. The lowest BCUT2D eigenvalue weighted by molar-refractivity contribution is -0.143. The van der Waals surface area contributed by atoms with E-state index < -0.39 is 5.92 Å². The molecular weight excluding hydrogens is 328 g/mol. The van der Waals surface area contributed by atoms with Gasteiger partial charge in [0.25, 0.3) is 0 Å². The second-order valence-electron chi connectivity index (χ2n) is 7.79. The highest BCUT2D eigenvalue weighted by Crippen LogP contribution is 2.27. The standard InChI is InChI=1S/C20H32N4O2/c1-2-6-17(19(25)23-16-7-4-3-5-8-16)20(26)24-11-9-15(10-12-24)18-13-21-14-22-18/h13-17H,2-12H2,1H3,(H,21,22)(H,23,25). The van der Waals surface area contributed by atoms with Crippen molar-refractivity contribution in [1.82, 2.24) is 20.2 Å². The van der Waals surface area contributed by atoms with Crippen LogP contribution < -0.4 is 5.32 Å². The minimum Gasteiger partial charge on any atom is -0.353 e. The third-order valence-electron chi connectivity index (χ3n) is 5.91. The van der Waals surface area contributed by atoms with Crippen LogP contribution >= 0.6 is 0 Å². The Bertz CT molecular complexity index is 573. The Kier molecular flexibility index (Phi) is 6.69. The third-order valence-corrected chi connectivity index (χ3v) is 5.91. The van der Waals surface area contributed by atoms with E-state index in [1.54, 1.807) is 6.33 Å². The van der Waals surface area contributed by atoms with E-state index in [9.17, 15) is 9.59 Å². The van der Waals surface area contributed by atoms with Crippen LogP contribution in [0, 0.1) is 5.92 Å². The summed E-state index contributed by atoms with van der Waals surface area (Å²) in [6, 6.07) is 0.259. The molecule has 1 atom stereocenters. The largest absolute Gasteiger partial charge is 0.353 e. The summed E-state index contributed by atoms with van der Waals surface area (Å²) in [5.74, 6) is -0.129. The maximum Gasteiger partial charge on any atom is 0.235 e. The van der Waals surface area contributed by atoms with Crippen LogP contribution in [0.4, 0.5) is 0 Å². The molecule has 0 radical (unpaired) electrons. The Balaban J connectivity index is 1.55. The number of aromatic amines is 1. The minimum absolute atomic E-state index is 0.0169. The average Bonchev–Trinajstić information content (AvgIpc) is 3.21. The van der Waals surface area contributed by atoms with Gasteiger partial charge in [-0.25, -0.2) is 4.98 Å². The van der Waals surface area contributed by atoms with E-state index in [2.05, 4.69) is 15.3 Å². The highest BCUT2D eigenvalue weighted by molar-refractivity contribution is 6.00. The van der Waals surface area contributed by atoms with E-state index in [-0.39, 0.29) is 17.9 Å². The van der Waals surface area contributed by atoms with Crippen LogP contribution in [0.2, 0.25) is 0 Å².